The van der Waals surface area contributed by atoms with Gasteiger partial charge in [0.05, 0.1) is 5.92 Å². The van der Waals surface area contributed by atoms with Crippen LogP contribution in [0, 0.1) is 11.8 Å². The van der Waals surface area contributed by atoms with Crippen molar-refractivity contribution < 1.29 is 14.7 Å². The number of hydrogen-bond acceptors (Lipinski definition) is 3. The van der Waals surface area contributed by atoms with Crippen molar-refractivity contribution >= 4 is 12.0 Å². The number of carbonyl (C=O) groups excluding carboxylic acids is 1. The molecule has 0 aromatic rings. The van der Waals surface area contributed by atoms with E-state index in [-0.39, 0.29) is 18.5 Å². The van der Waals surface area contributed by atoms with E-state index in [2.05, 4.69) is 15.5 Å². The van der Waals surface area contributed by atoms with Gasteiger partial charge in [-0.1, -0.05) is 20.3 Å². The number of nitrogens with one attached hydrogen (secondary N) is 2. The zero-order valence-corrected chi connectivity index (χ0v) is 12.5. The minimum absolute atomic E-state index is 0.00106. The minimum Gasteiger partial charge on any atom is -0.481 e. The Balaban J connectivity index is 2.14. The maximum absolute atomic E-state index is 11.6. The molecule has 0 aliphatic carbocycles. The molecular formula is C14H27N3O3. The van der Waals surface area contributed by atoms with Gasteiger partial charge in [-0.25, -0.2) is 4.79 Å². The molecule has 0 radical (unpaired) electrons. The first-order valence-electron chi connectivity index (χ1n) is 7.47. The lowest BCUT2D eigenvalue weighted by molar-refractivity contribution is -0.142. The third kappa shape index (κ3) is 6.23. The minimum atomic E-state index is -0.867. The summed E-state index contributed by atoms with van der Waals surface area (Å²) in [6, 6.07) is -0.283. The summed E-state index contributed by atoms with van der Waals surface area (Å²) >= 11 is 0. The molecule has 1 fully saturated rings. The summed E-state index contributed by atoms with van der Waals surface area (Å²) in [4.78, 5) is 24.9. The normalized spacial score (nSPS) is 17.8. The third-order valence-corrected chi connectivity index (χ3v) is 3.77. The molecule has 20 heavy (non-hydrogen) atoms. The average Bonchev–Trinajstić information content (AvgIpc) is 2.39. The van der Waals surface area contributed by atoms with Crippen molar-refractivity contribution in [3.8, 4) is 0 Å². The van der Waals surface area contributed by atoms with Crippen molar-refractivity contribution in [2.45, 2.75) is 33.1 Å². The van der Waals surface area contributed by atoms with Crippen LogP contribution < -0.4 is 10.6 Å². The summed E-state index contributed by atoms with van der Waals surface area (Å²) in [6.45, 7) is 7.53. The first-order valence-corrected chi connectivity index (χ1v) is 7.47. The summed E-state index contributed by atoms with van der Waals surface area (Å²) in [5, 5.41) is 14.4. The van der Waals surface area contributed by atoms with Gasteiger partial charge in [0, 0.05) is 19.6 Å². The van der Waals surface area contributed by atoms with Crippen molar-refractivity contribution in [1.29, 1.82) is 0 Å². The van der Waals surface area contributed by atoms with Gasteiger partial charge in [-0.3, -0.25) is 4.79 Å². The van der Waals surface area contributed by atoms with Gasteiger partial charge < -0.3 is 20.6 Å². The smallest absolute Gasteiger partial charge is 0.314 e. The number of aliphatic carboxylic acids is 1. The van der Waals surface area contributed by atoms with E-state index in [1.165, 1.54) is 19.3 Å². The number of hydrogen-bond donors (Lipinski definition) is 3. The first kappa shape index (κ1) is 16.8. The Bertz CT molecular complexity index is 315. The molecule has 1 aliphatic rings. The molecule has 116 valence electrons. The molecule has 1 atom stereocenters. The van der Waals surface area contributed by atoms with E-state index in [0.29, 0.717) is 6.54 Å². The monoisotopic (exact) mass is 285 g/mol. The van der Waals surface area contributed by atoms with Crippen LogP contribution in [0.1, 0.15) is 33.1 Å². The molecule has 1 heterocycles. The van der Waals surface area contributed by atoms with Gasteiger partial charge >= 0.3 is 12.0 Å². The van der Waals surface area contributed by atoms with Crippen LogP contribution in [0.3, 0.4) is 0 Å². The molecule has 1 unspecified atom stereocenters. The number of likely N-dealkylation sites (tertiary alicyclic amines) is 1. The van der Waals surface area contributed by atoms with E-state index in [1.807, 2.05) is 13.8 Å². The summed E-state index contributed by atoms with van der Waals surface area (Å²) in [5.41, 5.74) is 0. The summed E-state index contributed by atoms with van der Waals surface area (Å²) < 4.78 is 0. The van der Waals surface area contributed by atoms with Crippen molar-refractivity contribution in [3.05, 3.63) is 0 Å². The fraction of sp³-hybridized carbons (Fsp3) is 0.857. The van der Waals surface area contributed by atoms with Crippen molar-refractivity contribution in [1.82, 2.24) is 15.5 Å². The highest BCUT2D eigenvalue weighted by molar-refractivity contribution is 5.75. The van der Waals surface area contributed by atoms with Crippen LogP contribution in [0.2, 0.25) is 0 Å². The number of carboxylic acid groups (broad SMARTS) is 1. The molecule has 6 heteroatoms. The second-order valence-corrected chi connectivity index (χ2v) is 5.73. The second kappa shape index (κ2) is 8.79. The number of rotatable bonds is 7. The Hall–Kier alpha value is -1.30. The van der Waals surface area contributed by atoms with E-state index in [1.54, 1.807) is 0 Å². The lowest BCUT2D eigenvalue weighted by Gasteiger charge is -2.26. The van der Waals surface area contributed by atoms with Crippen molar-refractivity contribution in [3.63, 3.8) is 0 Å². The average molecular weight is 285 g/mol. The van der Waals surface area contributed by atoms with Gasteiger partial charge in [-0.15, -0.1) is 0 Å². The highest BCUT2D eigenvalue weighted by Gasteiger charge is 2.21. The van der Waals surface area contributed by atoms with Crippen LogP contribution in [-0.4, -0.2) is 54.7 Å². The summed E-state index contributed by atoms with van der Waals surface area (Å²) in [5.74, 6) is -1.40. The summed E-state index contributed by atoms with van der Waals surface area (Å²) in [6.07, 6.45) is 3.78. The Labute approximate surface area is 120 Å². The second-order valence-electron chi connectivity index (χ2n) is 5.73. The predicted molar refractivity (Wildman–Crippen MR) is 77.7 cm³/mol. The highest BCUT2D eigenvalue weighted by atomic mass is 16.4. The molecule has 0 saturated carbocycles. The Morgan fingerprint density at radius 1 is 1.15 bits per heavy atom. The number of nitrogens with zero attached hydrogens (tertiary/aromatic N) is 1. The maximum Gasteiger partial charge on any atom is 0.314 e. The number of urea groups is 1. The van der Waals surface area contributed by atoms with E-state index in [9.17, 15) is 9.59 Å². The first-order chi connectivity index (χ1) is 9.50. The third-order valence-electron chi connectivity index (χ3n) is 3.77. The largest absolute Gasteiger partial charge is 0.481 e. The van der Waals surface area contributed by atoms with Gasteiger partial charge in [0.25, 0.3) is 0 Å². The van der Waals surface area contributed by atoms with Crippen LogP contribution in [0.15, 0.2) is 0 Å². The zero-order chi connectivity index (χ0) is 15.0. The molecule has 3 N–H and O–H groups in total. The molecule has 0 aromatic heterocycles. The topological polar surface area (TPSA) is 81.7 Å². The molecule has 0 aromatic carbocycles. The SMILES string of the molecule is CC(C)C(CNC(=O)NCCN1CCCCC1)C(=O)O. The number of amides is 2. The van der Waals surface area contributed by atoms with Gasteiger partial charge in [-0.2, -0.15) is 0 Å². The lowest BCUT2D eigenvalue weighted by atomic mass is 9.96. The van der Waals surface area contributed by atoms with Crippen LogP contribution in [-0.2, 0) is 4.79 Å². The Morgan fingerprint density at radius 2 is 1.80 bits per heavy atom. The van der Waals surface area contributed by atoms with Crippen molar-refractivity contribution in [2.24, 2.45) is 11.8 Å². The molecule has 6 nitrogen and oxygen atoms in total. The molecular weight excluding hydrogens is 258 g/mol. The van der Waals surface area contributed by atoms with E-state index in [4.69, 9.17) is 5.11 Å². The Morgan fingerprint density at radius 3 is 2.35 bits per heavy atom. The standard InChI is InChI=1S/C14H27N3O3/c1-11(2)12(13(18)19)10-16-14(20)15-6-9-17-7-4-3-5-8-17/h11-12H,3-10H2,1-2H3,(H,18,19)(H2,15,16,20). The van der Waals surface area contributed by atoms with Gasteiger partial charge in [0.15, 0.2) is 0 Å². The number of carbonyl (C=O) groups is 2. The number of piperidine rings is 1. The fourth-order valence-electron chi connectivity index (χ4n) is 2.38. The van der Waals surface area contributed by atoms with Gasteiger partial charge in [0.1, 0.15) is 0 Å². The molecule has 0 spiro atoms. The lowest BCUT2D eigenvalue weighted by Crippen LogP contribution is -2.44. The van der Waals surface area contributed by atoms with Crippen LogP contribution in [0.5, 0.6) is 0 Å². The van der Waals surface area contributed by atoms with E-state index < -0.39 is 11.9 Å². The molecule has 0 bridgehead atoms. The highest BCUT2D eigenvalue weighted by Crippen LogP contribution is 2.09. The molecule has 1 aliphatic heterocycles. The maximum atomic E-state index is 11.6. The van der Waals surface area contributed by atoms with E-state index >= 15 is 0 Å². The number of carboxylic acids is 1. The van der Waals surface area contributed by atoms with Gasteiger partial charge in [0.2, 0.25) is 0 Å². The van der Waals surface area contributed by atoms with E-state index in [0.717, 1.165) is 19.6 Å². The zero-order valence-electron chi connectivity index (χ0n) is 12.5. The fourth-order valence-corrected chi connectivity index (χ4v) is 2.38. The van der Waals surface area contributed by atoms with Crippen LogP contribution >= 0.6 is 0 Å². The Kier molecular flexibility index (Phi) is 7.36. The van der Waals surface area contributed by atoms with Crippen LogP contribution in [0.25, 0.3) is 0 Å². The molecule has 1 saturated heterocycles. The summed E-state index contributed by atoms with van der Waals surface area (Å²) in [7, 11) is 0. The predicted octanol–water partition coefficient (Wildman–Crippen LogP) is 1.13. The van der Waals surface area contributed by atoms with Crippen molar-refractivity contribution in [2.75, 3.05) is 32.7 Å². The molecule has 2 amide bonds. The van der Waals surface area contributed by atoms with Crippen LogP contribution in [0.4, 0.5) is 4.79 Å². The molecule has 1 rings (SSSR count). The van der Waals surface area contributed by atoms with Gasteiger partial charge in [-0.05, 0) is 31.8 Å². The quantitative estimate of drug-likeness (QED) is 0.655.